The van der Waals surface area contributed by atoms with Crippen LogP contribution in [0.25, 0.3) is 10.9 Å². The van der Waals surface area contributed by atoms with Crippen molar-refractivity contribution in [2.45, 2.75) is 33.1 Å². The molecule has 0 bridgehead atoms. The summed E-state index contributed by atoms with van der Waals surface area (Å²) in [6.07, 6.45) is 2.80. The molecule has 168 valence electrons. The molecular weight excluding hydrogens is 408 g/mol. The summed E-state index contributed by atoms with van der Waals surface area (Å²) in [5.41, 5.74) is 6.19. The number of H-pyrrole nitrogens is 1. The molecule has 0 saturated heterocycles. The van der Waals surface area contributed by atoms with Gasteiger partial charge in [-0.25, -0.2) is 0 Å². The van der Waals surface area contributed by atoms with Gasteiger partial charge in [0.05, 0.1) is 0 Å². The third kappa shape index (κ3) is 5.69. The quantitative estimate of drug-likeness (QED) is 0.254. The number of rotatable bonds is 6. The fourth-order valence-corrected chi connectivity index (χ4v) is 3.71. The van der Waals surface area contributed by atoms with Crippen molar-refractivity contribution in [2.75, 3.05) is 11.9 Å². The number of carbonyl (C=O) groups is 1. The second-order valence-corrected chi connectivity index (χ2v) is 8.56. The highest BCUT2D eigenvalue weighted by Gasteiger charge is 2.10. The molecule has 3 aromatic carbocycles. The maximum absolute atomic E-state index is 12.8. The van der Waals surface area contributed by atoms with Crippen LogP contribution in [0.5, 0.6) is 0 Å². The molecule has 1 amide bonds. The molecule has 33 heavy (non-hydrogen) atoms. The van der Waals surface area contributed by atoms with E-state index < -0.39 is 0 Å². The Morgan fingerprint density at radius 1 is 0.970 bits per heavy atom. The molecule has 0 saturated carbocycles. The first-order valence-electron chi connectivity index (χ1n) is 11.3. The van der Waals surface area contributed by atoms with E-state index in [2.05, 4.69) is 53.7 Å². The number of guanidine groups is 1. The van der Waals surface area contributed by atoms with Gasteiger partial charge in [0.15, 0.2) is 0 Å². The van der Waals surface area contributed by atoms with E-state index in [0.717, 1.165) is 23.2 Å². The van der Waals surface area contributed by atoms with Crippen LogP contribution in [0.1, 0.15) is 46.8 Å². The van der Waals surface area contributed by atoms with Crippen molar-refractivity contribution in [3.05, 3.63) is 101 Å². The van der Waals surface area contributed by atoms with Gasteiger partial charge in [-0.3, -0.25) is 15.1 Å². The summed E-state index contributed by atoms with van der Waals surface area (Å²) in [4.78, 5) is 20.8. The first kappa shape index (κ1) is 22.3. The Balaban J connectivity index is 1.51. The number of nitrogens with zero attached hydrogens (tertiary/aromatic N) is 1. The molecule has 5 heteroatoms. The van der Waals surface area contributed by atoms with Gasteiger partial charge in [0.2, 0.25) is 5.96 Å². The maximum Gasteiger partial charge on any atom is 0.257 e. The van der Waals surface area contributed by atoms with E-state index in [-0.39, 0.29) is 5.91 Å². The van der Waals surface area contributed by atoms with Gasteiger partial charge >= 0.3 is 0 Å². The van der Waals surface area contributed by atoms with E-state index in [9.17, 15) is 4.79 Å². The van der Waals surface area contributed by atoms with Gasteiger partial charge in [-0.1, -0.05) is 61.9 Å². The Hall–Kier alpha value is -3.86. The van der Waals surface area contributed by atoms with E-state index in [1.54, 1.807) is 0 Å². The Kier molecular flexibility index (Phi) is 6.89. The largest absolute Gasteiger partial charge is 0.361 e. The molecule has 0 radical (unpaired) electrons. The van der Waals surface area contributed by atoms with Crippen LogP contribution in [0.2, 0.25) is 0 Å². The van der Waals surface area contributed by atoms with Crippen LogP contribution in [0.4, 0.5) is 5.69 Å². The first-order valence-corrected chi connectivity index (χ1v) is 11.3. The smallest absolute Gasteiger partial charge is 0.257 e. The normalized spacial score (nSPS) is 11.7. The van der Waals surface area contributed by atoms with Crippen molar-refractivity contribution < 1.29 is 4.79 Å². The minimum atomic E-state index is -0.188. The summed E-state index contributed by atoms with van der Waals surface area (Å²) < 4.78 is 0. The van der Waals surface area contributed by atoms with E-state index in [0.29, 0.717) is 24.0 Å². The van der Waals surface area contributed by atoms with E-state index in [1.807, 2.05) is 61.7 Å². The zero-order valence-corrected chi connectivity index (χ0v) is 19.4. The summed E-state index contributed by atoms with van der Waals surface area (Å²) in [5, 5.41) is 7.44. The molecule has 0 aliphatic heterocycles. The minimum absolute atomic E-state index is 0.188. The lowest BCUT2D eigenvalue weighted by Gasteiger charge is -2.13. The molecule has 0 atom stereocenters. The molecule has 1 aromatic heterocycles. The number of aromatic amines is 1. The van der Waals surface area contributed by atoms with Crippen molar-refractivity contribution in [1.82, 2.24) is 10.3 Å². The van der Waals surface area contributed by atoms with Crippen molar-refractivity contribution in [3.63, 3.8) is 0 Å². The van der Waals surface area contributed by atoms with Crippen LogP contribution in [-0.2, 0) is 6.42 Å². The first-order chi connectivity index (χ1) is 16.0. The number of aromatic nitrogens is 1. The molecule has 5 nitrogen and oxygen atoms in total. The molecular formula is C28H30N4O. The van der Waals surface area contributed by atoms with Crippen LogP contribution < -0.4 is 10.6 Å². The third-order valence-electron chi connectivity index (χ3n) is 5.71. The average molecular weight is 439 g/mol. The number of aliphatic imine (C=N–C) groups is 1. The van der Waals surface area contributed by atoms with Crippen molar-refractivity contribution in [1.29, 1.82) is 0 Å². The second-order valence-electron chi connectivity index (χ2n) is 8.56. The fourth-order valence-electron chi connectivity index (χ4n) is 3.71. The molecule has 4 rings (SSSR count). The Morgan fingerprint density at radius 3 is 2.42 bits per heavy atom. The van der Waals surface area contributed by atoms with Crippen LogP contribution >= 0.6 is 0 Å². The van der Waals surface area contributed by atoms with Gasteiger partial charge < -0.3 is 10.3 Å². The second kappa shape index (κ2) is 10.2. The molecule has 0 fully saturated rings. The number of carbonyl (C=O) groups excluding carboxylic acids is 1. The van der Waals surface area contributed by atoms with E-state index in [4.69, 9.17) is 4.99 Å². The molecule has 3 N–H and O–H groups in total. The summed E-state index contributed by atoms with van der Waals surface area (Å²) >= 11 is 0. The van der Waals surface area contributed by atoms with Crippen molar-refractivity contribution >= 4 is 28.5 Å². The van der Waals surface area contributed by atoms with Crippen LogP contribution in [0, 0.1) is 6.92 Å². The molecule has 0 aliphatic carbocycles. The lowest BCUT2D eigenvalue weighted by molar-refractivity contribution is 0.0977. The van der Waals surface area contributed by atoms with Crippen LogP contribution in [-0.4, -0.2) is 23.4 Å². The zero-order valence-electron chi connectivity index (χ0n) is 19.4. The maximum atomic E-state index is 12.8. The Labute approximate surface area is 195 Å². The molecule has 0 aliphatic rings. The number of anilines is 1. The number of amides is 1. The monoisotopic (exact) mass is 438 g/mol. The number of hydrogen-bond donors (Lipinski definition) is 3. The number of nitrogens with one attached hydrogen (secondary N) is 3. The highest BCUT2D eigenvalue weighted by atomic mass is 16.1. The number of benzene rings is 3. The lowest BCUT2D eigenvalue weighted by atomic mass is 10.0. The van der Waals surface area contributed by atoms with Crippen molar-refractivity contribution in [3.8, 4) is 0 Å². The lowest BCUT2D eigenvalue weighted by Crippen LogP contribution is -2.36. The summed E-state index contributed by atoms with van der Waals surface area (Å²) in [5.74, 6) is 0.717. The summed E-state index contributed by atoms with van der Waals surface area (Å²) in [7, 11) is 0. The third-order valence-corrected chi connectivity index (χ3v) is 5.71. The van der Waals surface area contributed by atoms with Crippen LogP contribution in [0.15, 0.2) is 84.0 Å². The molecule has 1 heterocycles. The Morgan fingerprint density at radius 2 is 1.70 bits per heavy atom. The predicted molar refractivity (Wildman–Crippen MR) is 137 cm³/mol. The van der Waals surface area contributed by atoms with Gasteiger partial charge in [0.25, 0.3) is 5.91 Å². The van der Waals surface area contributed by atoms with E-state index in [1.165, 1.54) is 16.5 Å². The molecule has 0 unspecified atom stereocenters. The predicted octanol–water partition coefficient (Wildman–Crippen LogP) is 6.04. The van der Waals surface area contributed by atoms with Crippen LogP contribution in [0.3, 0.4) is 0 Å². The van der Waals surface area contributed by atoms with Gasteiger partial charge in [0.1, 0.15) is 0 Å². The Bertz CT molecular complexity index is 1250. The highest BCUT2D eigenvalue weighted by Crippen LogP contribution is 2.19. The average Bonchev–Trinajstić information content (AvgIpc) is 3.23. The number of para-hydroxylation sites is 1. The van der Waals surface area contributed by atoms with Crippen molar-refractivity contribution in [2.24, 2.45) is 4.99 Å². The minimum Gasteiger partial charge on any atom is -0.361 e. The fraction of sp³-hybridized carbons (Fsp3) is 0.214. The standard InChI is InChI=1S/C28H30N4O/c1-19(2)21-12-14-24(15-13-21)31-28(32-27(33)22-10-8-20(3)9-11-22)29-17-16-23-18-30-26-7-5-4-6-25(23)26/h4-15,18-19,30H,16-17H2,1-3H3,(H2,29,31,32,33). The van der Waals surface area contributed by atoms with Gasteiger partial charge in [0, 0.05) is 34.9 Å². The van der Waals surface area contributed by atoms with Gasteiger partial charge in [-0.15, -0.1) is 0 Å². The topological polar surface area (TPSA) is 69.3 Å². The number of aryl methyl sites for hydroxylation is 1. The summed E-state index contributed by atoms with van der Waals surface area (Å²) in [6, 6.07) is 24.0. The van der Waals surface area contributed by atoms with Gasteiger partial charge in [-0.05, 0) is 60.7 Å². The zero-order chi connectivity index (χ0) is 23.2. The molecule has 0 spiro atoms. The number of fused-ring (bicyclic) bond motifs is 1. The summed E-state index contributed by atoms with van der Waals surface area (Å²) in [6.45, 7) is 6.88. The van der Waals surface area contributed by atoms with E-state index >= 15 is 0 Å². The molecule has 4 aromatic rings. The highest BCUT2D eigenvalue weighted by molar-refractivity contribution is 6.10. The van der Waals surface area contributed by atoms with Gasteiger partial charge in [-0.2, -0.15) is 0 Å². The SMILES string of the molecule is Cc1ccc(C(=O)NC(=NCCc2c[nH]c3ccccc23)Nc2ccc(C(C)C)cc2)cc1. The number of hydrogen-bond acceptors (Lipinski definition) is 2.